The molecule has 0 radical (unpaired) electrons. The number of hydrogen-bond acceptors (Lipinski definition) is 1. The zero-order chi connectivity index (χ0) is 11.5. The van der Waals surface area contributed by atoms with Crippen LogP contribution in [0.2, 0.25) is 0 Å². The lowest BCUT2D eigenvalue weighted by atomic mass is 9.77. The Morgan fingerprint density at radius 3 is 1.73 bits per heavy atom. The maximum atomic E-state index is 11.6. The summed E-state index contributed by atoms with van der Waals surface area (Å²) in [6.45, 7) is 8.89. The molecule has 0 amide bonds. The molecular formula is C13H22O2. The SMILES string of the molecule is CC1(C)C(C2(C(=O)O)CCCC2)C1(C)C. The maximum Gasteiger partial charge on any atom is 0.309 e. The van der Waals surface area contributed by atoms with Gasteiger partial charge in [-0.15, -0.1) is 0 Å². The molecular weight excluding hydrogens is 188 g/mol. The minimum absolute atomic E-state index is 0.190. The van der Waals surface area contributed by atoms with Crippen LogP contribution in [0.1, 0.15) is 53.4 Å². The van der Waals surface area contributed by atoms with E-state index < -0.39 is 11.4 Å². The Bertz CT molecular complexity index is 282. The Labute approximate surface area is 92.1 Å². The highest BCUT2D eigenvalue weighted by molar-refractivity contribution is 5.76. The average Bonchev–Trinajstić information content (AvgIpc) is 2.53. The molecule has 0 atom stereocenters. The van der Waals surface area contributed by atoms with Crippen molar-refractivity contribution in [3.63, 3.8) is 0 Å². The van der Waals surface area contributed by atoms with Crippen LogP contribution < -0.4 is 0 Å². The summed E-state index contributed by atoms with van der Waals surface area (Å²) in [5.74, 6) is -0.193. The van der Waals surface area contributed by atoms with Gasteiger partial charge in [-0.25, -0.2) is 0 Å². The van der Waals surface area contributed by atoms with Crippen LogP contribution >= 0.6 is 0 Å². The molecule has 0 heterocycles. The highest BCUT2D eigenvalue weighted by Crippen LogP contribution is 2.76. The third-order valence-corrected chi connectivity index (χ3v) is 5.50. The van der Waals surface area contributed by atoms with Gasteiger partial charge >= 0.3 is 5.97 Å². The Kier molecular flexibility index (Phi) is 2.03. The van der Waals surface area contributed by atoms with E-state index in [4.69, 9.17) is 0 Å². The summed E-state index contributed by atoms with van der Waals surface area (Å²) < 4.78 is 0. The third-order valence-electron chi connectivity index (χ3n) is 5.50. The molecule has 2 nitrogen and oxygen atoms in total. The van der Waals surface area contributed by atoms with Crippen molar-refractivity contribution < 1.29 is 9.90 Å². The topological polar surface area (TPSA) is 37.3 Å². The smallest absolute Gasteiger partial charge is 0.309 e. The van der Waals surface area contributed by atoms with Crippen molar-refractivity contribution in [2.75, 3.05) is 0 Å². The van der Waals surface area contributed by atoms with E-state index in [0.717, 1.165) is 25.7 Å². The lowest BCUT2D eigenvalue weighted by molar-refractivity contribution is -0.151. The summed E-state index contributed by atoms with van der Waals surface area (Å²) in [7, 11) is 0. The van der Waals surface area contributed by atoms with Gasteiger partial charge in [0.25, 0.3) is 0 Å². The molecule has 2 saturated carbocycles. The zero-order valence-corrected chi connectivity index (χ0v) is 10.3. The van der Waals surface area contributed by atoms with Gasteiger partial charge in [-0.2, -0.15) is 0 Å². The number of carbonyl (C=O) groups is 1. The number of carboxylic acid groups (broad SMARTS) is 1. The van der Waals surface area contributed by atoms with Gasteiger partial charge in [0, 0.05) is 0 Å². The van der Waals surface area contributed by atoms with E-state index in [1.165, 1.54) is 0 Å². The molecule has 0 spiro atoms. The van der Waals surface area contributed by atoms with Crippen LogP contribution in [0, 0.1) is 22.2 Å². The summed E-state index contributed by atoms with van der Waals surface area (Å²) in [6, 6.07) is 0. The predicted molar refractivity (Wildman–Crippen MR) is 59.6 cm³/mol. The van der Waals surface area contributed by atoms with Crippen LogP contribution in [-0.4, -0.2) is 11.1 Å². The van der Waals surface area contributed by atoms with Crippen molar-refractivity contribution in [3.05, 3.63) is 0 Å². The Morgan fingerprint density at radius 1 is 1.07 bits per heavy atom. The van der Waals surface area contributed by atoms with E-state index in [1.54, 1.807) is 0 Å². The molecule has 2 aliphatic carbocycles. The fourth-order valence-electron chi connectivity index (χ4n) is 4.21. The lowest BCUT2D eigenvalue weighted by Gasteiger charge is -2.26. The number of aliphatic carboxylic acids is 1. The molecule has 0 aliphatic heterocycles. The van der Waals surface area contributed by atoms with E-state index >= 15 is 0 Å². The predicted octanol–water partition coefficient (Wildman–Crippen LogP) is 3.31. The quantitative estimate of drug-likeness (QED) is 0.759. The van der Waals surface area contributed by atoms with Gasteiger partial charge in [0.15, 0.2) is 0 Å². The molecule has 0 saturated heterocycles. The molecule has 2 rings (SSSR count). The van der Waals surface area contributed by atoms with E-state index in [0.29, 0.717) is 5.92 Å². The second kappa shape index (κ2) is 2.78. The summed E-state index contributed by atoms with van der Waals surface area (Å²) >= 11 is 0. The van der Waals surface area contributed by atoms with Crippen LogP contribution in [-0.2, 0) is 4.79 Å². The molecule has 0 bridgehead atoms. The van der Waals surface area contributed by atoms with Crippen molar-refractivity contribution in [2.24, 2.45) is 22.2 Å². The molecule has 0 aromatic heterocycles. The van der Waals surface area contributed by atoms with Crippen LogP contribution in [0.5, 0.6) is 0 Å². The van der Waals surface area contributed by atoms with Crippen molar-refractivity contribution in [2.45, 2.75) is 53.4 Å². The van der Waals surface area contributed by atoms with Crippen molar-refractivity contribution in [3.8, 4) is 0 Å². The van der Waals surface area contributed by atoms with Gasteiger partial charge in [0.1, 0.15) is 0 Å². The second-order valence-electron chi connectivity index (χ2n) is 6.54. The monoisotopic (exact) mass is 210 g/mol. The first-order valence-corrected chi connectivity index (χ1v) is 6.00. The van der Waals surface area contributed by atoms with Crippen molar-refractivity contribution >= 4 is 5.97 Å². The molecule has 2 heteroatoms. The van der Waals surface area contributed by atoms with Gasteiger partial charge in [0.05, 0.1) is 5.41 Å². The van der Waals surface area contributed by atoms with Crippen LogP contribution in [0.4, 0.5) is 0 Å². The first kappa shape index (κ1) is 11.0. The molecule has 2 fully saturated rings. The van der Waals surface area contributed by atoms with Crippen LogP contribution in [0.15, 0.2) is 0 Å². The minimum atomic E-state index is -0.552. The Hall–Kier alpha value is -0.530. The summed E-state index contributed by atoms with van der Waals surface area (Å²) in [4.78, 5) is 11.6. The van der Waals surface area contributed by atoms with Gasteiger partial charge in [-0.05, 0) is 29.6 Å². The maximum absolute atomic E-state index is 11.6. The molecule has 1 N–H and O–H groups in total. The molecule has 2 aliphatic rings. The Balaban J connectivity index is 2.34. The number of rotatable bonds is 2. The van der Waals surface area contributed by atoms with E-state index in [1.807, 2.05) is 0 Å². The molecule has 15 heavy (non-hydrogen) atoms. The minimum Gasteiger partial charge on any atom is -0.481 e. The fourth-order valence-corrected chi connectivity index (χ4v) is 4.21. The van der Waals surface area contributed by atoms with E-state index in [-0.39, 0.29) is 10.8 Å². The average molecular weight is 210 g/mol. The highest BCUT2D eigenvalue weighted by Gasteiger charge is 2.73. The van der Waals surface area contributed by atoms with Crippen LogP contribution in [0.3, 0.4) is 0 Å². The summed E-state index contributed by atoms with van der Waals surface area (Å²) in [6.07, 6.45) is 3.96. The van der Waals surface area contributed by atoms with Gasteiger partial charge in [-0.3, -0.25) is 4.79 Å². The third kappa shape index (κ3) is 1.14. The molecule has 0 unspecified atom stereocenters. The second-order valence-corrected chi connectivity index (χ2v) is 6.54. The lowest BCUT2D eigenvalue weighted by Crippen LogP contribution is -2.32. The normalized spacial score (nSPS) is 31.5. The van der Waals surface area contributed by atoms with Crippen molar-refractivity contribution in [1.82, 2.24) is 0 Å². The van der Waals surface area contributed by atoms with E-state index in [9.17, 15) is 9.90 Å². The zero-order valence-electron chi connectivity index (χ0n) is 10.3. The first-order chi connectivity index (χ1) is 6.77. The van der Waals surface area contributed by atoms with Gasteiger partial charge in [0.2, 0.25) is 0 Å². The first-order valence-electron chi connectivity index (χ1n) is 6.00. The fraction of sp³-hybridized carbons (Fsp3) is 0.923. The largest absolute Gasteiger partial charge is 0.481 e. The van der Waals surface area contributed by atoms with Gasteiger partial charge in [-0.1, -0.05) is 40.5 Å². The Morgan fingerprint density at radius 2 is 1.47 bits per heavy atom. The highest BCUT2D eigenvalue weighted by atomic mass is 16.4. The van der Waals surface area contributed by atoms with Crippen LogP contribution in [0.25, 0.3) is 0 Å². The van der Waals surface area contributed by atoms with E-state index in [2.05, 4.69) is 27.7 Å². The van der Waals surface area contributed by atoms with Crippen molar-refractivity contribution in [1.29, 1.82) is 0 Å². The molecule has 0 aromatic rings. The number of carboxylic acids is 1. The molecule has 0 aromatic carbocycles. The molecule has 86 valence electrons. The van der Waals surface area contributed by atoms with Gasteiger partial charge < -0.3 is 5.11 Å². The number of hydrogen-bond donors (Lipinski definition) is 1. The standard InChI is InChI=1S/C13H22O2/c1-11(2)9(12(11,3)4)13(10(14)15)7-5-6-8-13/h9H,5-8H2,1-4H3,(H,14,15). The summed E-state index contributed by atoms with van der Waals surface area (Å²) in [5.41, 5.74) is -0.0293. The summed E-state index contributed by atoms with van der Waals surface area (Å²) in [5, 5.41) is 9.54.